The number of aryl methyl sites for hydroxylation is 1. The van der Waals surface area contributed by atoms with Crippen LogP contribution >= 0.6 is 0 Å². The van der Waals surface area contributed by atoms with E-state index in [4.69, 9.17) is 0 Å². The van der Waals surface area contributed by atoms with Gasteiger partial charge in [0.15, 0.2) is 5.82 Å². The number of nitrogens with zero attached hydrogens (tertiary/aromatic N) is 6. The van der Waals surface area contributed by atoms with Crippen molar-refractivity contribution in [1.82, 2.24) is 30.1 Å². The molecule has 2 fully saturated rings. The molecule has 9 heteroatoms. The smallest absolute Gasteiger partial charge is 0.253 e. The number of piperazine rings is 1. The summed E-state index contributed by atoms with van der Waals surface area (Å²) in [7, 11) is 0. The van der Waals surface area contributed by atoms with Crippen molar-refractivity contribution in [1.29, 1.82) is 0 Å². The Labute approximate surface area is 215 Å². The van der Waals surface area contributed by atoms with Gasteiger partial charge in [0.1, 0.15) is 11.9 Å². The fourth-order valence-corrected chi connectivity index (χ4v) is 5.96. The Morgan fingerprint density at radius 1 is 1.00 bits per heavy atom. The molecule has 4 aromatic rings. The molecule has 0 bridgehead atoms. The fraction of sp³-hybridized carbons (Fsp3) is 0.429. The van der Waals surface area contributed by atoms with Crippen LogP contribution in [0.1, 0.15) is 61.1 Å². The Kier molecular flexibility index (Phi) is 6.46. The minimum atomic E-state index is -0.360. The van der Waals surface area contributed by atoms with E-state index >= 15 is 0 Å². The molecule has 1 aliphatic carbocycles. The molecule has 2 aromatic carbocycles. The Bertz CT molecular complexity index is 1430. The predicted molar refractivity (Wildman–Crippen MR) is 141 cm³/mol. The molecule has 2 aromatic heterocycles. The molecular weight excluding hydrogens is 469 g/mol. The van der Waals surface area contributed by atoms with Gasteiger partial charge in [-0.25, -0.2) is 9.07 Å². The van der Waals surface area contributed by atoms with E-state index in [9.17, 15) is 9.18 Å². The number of H-pyrrole nitrogens is 1. The van der Waals surface area contributed by atoms with Crippen molar-refractivity contribution in [2.75, 3.05) is 31.1 Å². The first-order valence-electron chi connectivity index (χ1n) is 13.2. The third kappa shape index (κ3) is 4.64. The van der Waals surface area contributed by atoms with Crippen LogP contribution in [0.15, 0.2) is 53.3 Å². The summed E-state index contributed by atoms with van der Waals surface area (Å²) in [5.41, 5.74) is 3.47. The van der Waals surface area contributed by atoms with Crippen LogP contribution in [0.2, 0.25) is 0 Å². The average Bonchev–Trinajstić information content (AvgIpc) is 3.41. The van der Waals surface area contributed by atoms with Gasteiger partial charge in [0.05, 0.1) is 11.6 Å². The van der Waals surface area contributed by atoms with Crippen molar-refractivity contribution in [2.24, 2.45) is 0 Å². The first-order chi connectivity index (χ1) is 18.1. The summed E-state index contributed by atoms with van der Waals surface area (Å²) in [6.07, 6.45) is 5.68. The van der Waals surface area contributed by atoms with Crippen LogP contribution in [-0.4, -0.2) is 56.3 Å². The van der Waals surface area contributed by atoms with E-state index in [1.165, 1.54) is 31.4 Å². The minimum absolute atomic E-state index is 0.106. The molecule has 1 atom stereocenters. The molecule has 3 heterocycles. The van der Waals surface area contributed by atoms with Gasteiger partial charge in [0.25, 0.3) is 5.56 Å². The number of fused-ring (bicyclic) bond motifs is 1. The summed E-state index contributed by atoms with van der Waals surface area (Å²) < 4.78 is 15.4. The lowest BCUT2D eigenvalue weighted by Crippen LogP contribution is -2.49. The number of aromatic nitrogens is 5. The van der Waals surface area contributed by atoms with Crippen molar-refractivity contribution in [3.63, 3.8) is 0 Å². The van der Waals surface area contributed by atoms with Gasteiger partial charge in [-0.15, -0.1) is 5.10 Å². The first-order valence-corrected chi connectivity index (χ1v) is 13.2. The van der Waals surface area contributed by atoms with E-state index in [1.54, 1.807) is 0 Å². The van der Waals surface area contributed by atoms with Gasteiger partial charge < -0.3 is 9.88 Å². The van der Waals surface area contributed by atoms with Crippen LogP contribution in [0.3, 0.4) is 0 Å². The molecule has 0 radical (unpaired) electrons. The molecule has 2 aliphatic rings. The number of benzene rings is 2. The largest absolute Gasteiger partial charge is 0.369 e. The molecule has 1 saturated heterocycles. The number of aromatic amines is 1. The molecule has 1 unspecified atom stereocenters. The quantitative estimate of drug-likeness (QED) is 0.437. The molecule has 8 nitrogen and oxygen atoms in total. The second-order valence-corrected chi connectivity index (χ2v) is 10.3. The predicted octanol–water partition coefficient (Wildman–Crippen LogP) is 4.38. The lowest BCUT2D eigenvalue weighted by atomic mass is 9.95. The van der Waals surface area contributed by atoms with Crippen LogP contribution in [-0.2, 0) is 0 Å². The Balaban J connectivity index is 1.38. The van der Waals surface area contributed by atoms with Crippen LogP contribution in [0, 0.1) is 12.7 Å². The first kappa shape index (κ1) is 23.8. The molecule has 6 rings (SSSR count). The van der Waals surface area contributed by atoms with E-state index in [2.05, 4.69) is 30.3 Å². The minimum Gasteiger partial charge on any atom is -0.369 e. The maximum Gasteiger partial charge on any atom is 0.253 e. The standard InChI is InChI=1S/C28H32FN7O/c1-19-6-5-7-20-18-24(28(37)30-25(19)20)26(27-31-32-33-36(27)23-8-3-2-4-9-23)35-16-14-34(15-17-35)22-12-10-21(29)11-13-22/h5-7,10-13,18,23,26H,2-4,8-9,14-17H2,1H3,(H,30,37). The normalized spacial score (nSPS) is 18.4. The Hall–Kier alpha value is -3.59. The number of para-hydroxylation sites is 1. The number of hydrogen-bond acceptors (Lipinski definition) is 6. The van der Waals surface area contributed by atoms with Crippen molar-refractivity contribution in [2.45, 2.75) is 51.1 Å². The van der Waals surface area contributed by atoms with Gasteiger partial charge in [-0.1, -0.05) is 37.5 Å². The molecular formula is C28H32FN7O. The summed E-state index contributed by atoms with van der Waals surface area (Å²) in [4.78, 5) is 21.3. The number of rotatable bonds is 5. The Morgan fingerprint density at radius 2 is 1.76 bits per heavy atom. The third-order valence-electron chi connectivity index (χ3n) is 7.97. The number of halogens is 1. The third-order valence-corrected chi connectivity index (χ3v) is 7.97. The molecule has 1 N–H and O–H groups in total. The van der Waals surface area contributed by atoms with Crippen molar-refractivity contribution in [3.8, 4) is 0 Å². The van der Waals surface area contributed by atoms with Gasteiger partial charge in [0.2, 0.25) is 0 Å². The molecule has 1 aliphatic heterocycles. The van der Waals surface area contributed by atoms with E-state index in [0.717, 1.165) is 67.0 Å². The monoisotopic (exact) mass is 501 g/mol. The molecule has 0 spiro atoms. The van der Waals surface area contributed by atoms with E-state index in [-0.39, 0.29) is 23.5 Å². The van der Waals surface area contributed by atoms with Crippen molar-refractivity contribution >= 4 is 16.6 Å². The highest BCUT2D eigenvalue weighted by Crippen LogP contribution is 2.34. The highest BCUT2D eigenvalue weighted by molar-refractivity contribution is 5.82. The summed E-state index contributed by atoms with van der Waals surface area (Å²) in [6.45, 7) is 4.99. The maximum absolute atomic E-state index is 13.6. The van der Waals surface area contributed by atoms with E-state index < -0.39 is 0 Å². The van der Waals surface area contributed by atoms with E-state index in [1.807, 2.05) is 48.0 Å². The average molecular weight is 502 g/mol. The SMILES string of the molecule is Cc1cccc2cc(C(c3nnnn3C3CCCCC3)N3CCN(c4ccc(F)cc4)CC3)c(=O)[nH]c12. The fourth-order valence-electron chi connectivity index (χ4n) is 5.96. The second-order valence-electron chi connectivity index (χ2n) is 10.3. The molecule has 192 valence electrons. The van der Waals surface area contributed by atoms with Gasteiger partial charge in [-0.2, -0.15) is 0 Å². The number of nitrogens with one attached hydrogen (secondary N) is 1. The maximum atomic E-state index is 13.6. The molecule has 0 amide bonds. The number of hydrogen-bond donors (Lipinski definition) is 1. The van der Waals surface area contributed by atoms with Gasteiger partial charge in [-0.3, -0.25) is 9.69 Å². The zero-order valence-electron chi connectivity index (χ0n) is 21.1. The number of anilines is 1. The lowest BCUT2D eigenvalue weighted by Gasteiger charge is -2.40. The zero-order valence-corrected chi connectivity index (χ0v) is 21.1. The molecule has 1 saturated carbocycles. The second kappa shape index (κ2) is 10.0. The summed E-state index contributed by atoms with van der Waals surface area (Å²) in [5.74, 6) is 0.502. The number of pyridine rings is 1. The summed E-state index contributed by atoms with van der Waals surface area (Å²) >= 11 is 0. The zero-order chi connectivity index (χ0) is 25.4. The number of tetrazole rings is 1. The van der Waals surface area contributed by atoms with Gasteiger partial charge >= 0.3 is 0 Å². The summed E-state index contributed by atoms with van der Waals surface area (Å²) in [6, 6.07) is 14.6. The van der Waals surface area contributed by atoms with E-state index in [0.29, 0.717) is 5.56 Å². The Morgan fingerprint density at radius 3 is 2.51 bits per heavy atom. The van der Waals surface area contributed by atoms with Crippen LogP contribution in [0.5, 0.6) is 0 Å². The highest BCUT2D eigenvalue weighted by Gasteiger charge is 2.34. The van der Waals surface area contributed by atoms with Crippen molar-refractivity contribution < 1.29 is 4.39 Å². The molecule has 37 heavy (non-hydrogen) atoms. The van der Waals surface area contributed by atoms with Crippen LogP contribution in [0.25, 0.3) is 10.9 Å². The highest BCUT2D eigenvalue weighted by atomic mass is 19.1. The van der Waals surface area contributed by atoms with Crippen LogP contribution < -0.4 is 10.5 Å². The topological polar surface area (TPSA) is 82.9 Å². The lowest BCUT2D eigenvalue weighted by molar-refractivity contribution is 0.192. The van der Waals surface area contributed by atoms with Gasteiger partial charge in [-0.05, 0) is 71.5 Å². The van der Waals surface area contributed by atoms with Crippen LogP contribution in [0.4, 0.5) is 10.1 Å². The summed E-state index contributed by atoms with van der Waals surface area (Å²) in [5, 5.41) is 14.0. The van der Waals surface area contributed by atoms with Crippen molar-refractivity contribution in [3.05, 3.63) is 81.7 Å². The van der Waals surface area contributed by atoms with Gasteiger partial charge in [0, 0.05) is 37.4 Å².